The lowest BCUT2D eigenvalue weighted by molar-refractivity contribution is -0.377. The van der Waals surface area contributed by atoms with Gasteiger partial charge in [-0.25, -0.2) is 19.0 Å². The fourth-order valence-corrected chi connectivity index (χ4v) is 7.43. The van der Waals surface area contributed by atoms with Crippen molar-refractivity contribution in [3.63, 3.8) is 0 Å². The number of carbonyl (C=O) groups excluding carboxylic acids is 2. The summed E-state index contributed by atoms with van der Waals surface area (Å²) in [7, 11) is 0. The first-order valence-electron chi connectivity index (χ1n) is 17.9. The van der Waals surface area contributed by atoms with Crippen LogP contribution in [-0.4, -0.2) is 61.3 Å². The molecule has 4 aliphatic rings. The van der Waals surface area contributed by atoms with Crippen LogP contribution in [0, 0.1) is 17.7 Å². The van der Waals surface area contributed by atoms with Crippen LogP contribution in [0.25, 0.3) is 0 Å². The minimum Gasteiger partial charge on any atom is -0.870 e. The number of hydrogen-bond donors (Lipinski definition) is 1. The number of fused-ring (bicyclic) bond motifs is 3. The smallest absolute Gasteiger partial charge is 0.387 e. The van der Waals surface area contributed by atoms with Crippen LogP contribution in [0.15, 0.2) is 79.1 Å². The molecule has 0 amide bonds. The van der Waals surface area contributed by atoms with Gasteiger partial charge in [0, 0.05) is 24.2 Å². The molecule has 8 rings (SSSR count). The molecule has 4 heterocycles. The molecule has 55 heavy (non-hydrogen) atoms. The lowest BCUT2D eigenvalue weighted by Gasteiger charge is -2.44. The predicted molar refractivity (Wildman–Crippen MR) is 196 cm³/mol. The zero-order chi connectivity index (χ0) is 37.8. The molecule has 3 saturated heterocycles. The average molecular weight is 803 g/mol. The van der Waals surface area contributed by atoms with Crippen LogP contribution in [0.3, 0.4) is 0 Å². The number of rotatable bonds is 15. The Kier molecular flexibility index (Phi) is 13.1. The molecule has 1 saturated carbocycles. The largest absolute Gasteiger partial charge is 0.870 e. The molecule has 15 heteroatoms. The van der Waals surface area contributed by atoms with Crippen LogP contribution >= 0.6 is 23.2 Å². The number of anilines is 1. The van der Waals surface area contributed by atoms with Crippen molar-refractivity contribution in [2.75, 3.05) is 31.6 Å². The normalized spacial score (nSPS) is 19.9. The summed E-state index contributed by atoms with van der Waals surface area (Å²) in [4.78, 5) is 32.8. The van der Waals surface area contributed by atoms with Crippen molar-refractivity contribution in [2.45, 2.75) is 57.0 Å². The Hall–Kier alpha value is -4.56. The van der Waals surface area contributed by atoms with Crippen molar-refractivity contribution in [3.8, 4) is 11.5 Å². The Balaban J connectivity index is 0.00000514. The third-order valence-corrected chi connectivity index (χ3v) is 10.7. The van der Waals surface area contributed by atoms with Gasteiger partial charge in [0.25, 0.3) is 0 Å². The van der Waals surface area contributed by atoms with Crippen LogP contribution in [0.2, 0.25) is 10.0 Å². The molecule has 2 bridgehead atoms. The fourth-order valence-electron chi connectivity index (χ4n) is 6.90. The molecular formula is C40H40Cl2F3N3O7. The van der Waals surface area contributed by atoms with E-state index in [1.54, 1.807) is 36.7 Å². The number of hydrogen-bond acceptors (Lipinski definition) is 9. The number of H-pyrrole nitrogens is 1. The minimum absolute atomic E-state index is 0. The summed E-state index contributed by atoms with van der Waals surface area (Å²) in [5.74, 6) is -1.14. The Bertz CT molecular complexity index is 1940. The summed E-state index contributed by atoms with van der Waals surface area (Å²) in [6.07, 6.45) is 5.74. The van der Waals surface area contributed by atoms with Gasteiger partial charge in [0.1, 0.15) is 28.1 Å². The Morgan fingerprint density at radius 2 is 1.62 bits per heavy atom. The number of pyridine rings is 1. The Morgan fingerprint density at radius 3 is 2.27 bits per heavy atom. The van der Waals surface area contributed by atoms with Crippen LogP contribution in [0.5, 0.6) is 11.5 Å². The molecule has 4 fully saturated rings. The number of alkyl halides is 2. The molecule has 3 aliphatic heterocycles. The number of benzene rings is 3. The van der Waals surface area contributed by atoms with Crippen LogP contribution < -0.4 is 19.8 Å². The maximum absolute atomic E-state index is 13.9. The van der Waals surface area contributed by atoms with Crippen molar-refractivity contribution in [2.24, 2.45) is 11.8 Å². The van der Waals surface area contributed by atoms with E-state index in [4.69, 9.17) is 42.1 Å². The molecule has 4 aromatic rings. The Morgan fingerprint density at radius 1 is 0.909 bits per heavy atom. The summed E-state index contributed by atoms with van der Waals surface area (Å²) >= 11 is 13.0. The first kappa shape index (κ1) is 40.1. The molecule has 3 aromatic carbocycles. The zero-order valence-electron chi connectivity index (χ0n) is 29.6. The molecule has 0 spiro atoms. The summed E-state index contributed by atoms with van der Waals surface area (Å²) in [6, 6.07) is 15.4. The summed E-state index contributed by atoms with van der Waals surface area (Å²) in [5.41, 5.74) is 1.97. The highest BCUT2D eigenvalue weighted by molar-refractivity contribution is 6.35. The zero-order valence-corrected chi connectivity index (χ0v) is 31.1. The van der Waals surface area contributed by atoms with Gasteiger partial charge in [-0.1, -0.05) is 47.5 Å². The van der Waals surface area contributed by atoms with E-state index in [0.29, 0.717) is 51.5 Å². The molecule has 1 unspecified atom stereocenters. The molecule has 3 N–H and O–H groups in total. The Labute approximate surface area is 326 Å². The van der Waals surface area contributed by atoms with Gasteiger partial charge in [-0.2, -0.15) is 8.78 Å². The van der Waals surface area contributed by atoms with Gasteiger partial charge >= 0.3 is 18.6 Å². The van der Waals surface area contributed by atoms with E-state index in [1.165, 1.54) is 42.5 Å². The highest BCUT2D eigenvalue weighted by atomic mass is 35.5. The molecular weight excluding hydrogens is 762 g/mol. The van der Waals surface area contributed by atoms with E-state index in [9.17, 15) is 22.8 Å². The second-order valence-electron chi connectivity index (χ2n) is 13.9. The standard InChI is InChI=1S/C40H38Cl2F3N3O6.H2O/c41-31-19-46-20-32(42)30(31)18-34(26-8-11-33(54-40(44)45)35(17-26)51-22-23-4-5-23)52-38(49)27-2-1-3-29(16-27)47-37(25-6-9-28(43)10-7-25)39(50)53-36-21-48-14-12-24(36)13-15-48;/h1-3,6-11,16-17,19-20,23-24,34,36-37,40,47H,4-5,12-15,18,21-22H2;1H2/t34-,36-,37?;/m0./s1. The number of ether oxygens (including phenoxy) is 4. The molecule has 3 atom stereocenters. The van der Waals surface area contributed by atoms with Gasteiger partial charge in [-0.3, -0.25) is 4.90 Å². The lowest BCUT2D eigenvalue weighted by Crippen LogP contribution is -2.52. The lowest BCUT2D eigenvalue weighted by atomic mass is 9.86. The van der Waals surface area contributed by atoms with E-state index in [2.05, 4.69) is 15.2 Å². The number of esters is 2. The van der Waals surface area contributed by atoms with E-state index < -0.39 is 36.5 Å². The summed E-state index contributed by atoms with van der Waals surface area (Å²) in [5, 5.41) is 3.79. The maximum atomic E-state index is 13.9. The van der Waals surface area contributed by atoms with E-state index in [1.807, 2.05) is 0 Å². The number of aromatic amines is 1. The second kappa shape index (κ2) is 17.9. The van der Waals surface area contributed by atoms with Gasteiger partial charge in [0.15, 0.2) is 29.9 Å². The summed E-state index contributed by atoms with van der Waals surface area (Å²) < 4.78 is 63.3. The minimum atomic E-state index is -3.07. The summed E-state index contributed by atoms with van der Waals surface area (Å²) in [6.45, 7) is -0.106. The SMILES string of the molecule is O=C(O[C@@H](Cc1c(Cl)c[nH+]cc1Cl)c1ccc(OC(F)F)c(OCC2CC2)c1)c1cccc(NC(C(=O)O[C@H]2CN3CCC2CC3)c2ccc(F)cc2)c1.[OH-]. The van der Waals surface area contributed by atoms with Crippen LogP contribution in [0.1, 0.15) is 64.9 Å². The van der Waals surface area contributed by atoms with Crippen molar-refractivity contribution in [1.29, 1.82) is 0 Å². The number of nitrogens with zero attached hydrogens (tertiary/aromatic N) is 1. The quantitative estimate of drug-likeness (QED) is 0.119. The van der Waals surface area contributed by atoms with Crippen LogP contribution in [0.4, 0.5) is 18.9 Å². The molecule has 1 aliphatic carbocycles. The first-order chi connectivity index (χ1) is 26.1. The number of piperidine rings is 3. The highest BCUT2D eigenvalue weighted by Gasteiger charge is 2.38. The van der Waals surface area contributed by atoms with Crippen molar-refractivity contribution in [1.82, 2.24) is 4.90 Å². The first-order valence-corrected chi connectivity index (χ1v) is 18.7. The van der Waals surface area contributed by atoms with Gasteiger partial charge in [0.05, 0.1) is 12.2 Å². The predicted octanol–water partition coefficient (Wildman–Crippen LogP) is 8.09. The second-order valence-corrected chi connectivity index (χ2v) is 14.7. The van der Waals surface area contributed by atoms with Crippen molar-refractivity contribution >= 4 is 40.8 Å². The number of nitrogens with one attached hydrogen (secondary N) is 2. The van der Waals surface area contributed by atoms with E-state index in [-0.39, 0.29) is 41.0 Å². The monoisotopic (exact) mass is 801 g/mol. The molecule has 292 valence electrons. The van der Waals surface area contributed by atoms with Crippen LogP contribution in [-0.2, 0) is 20.7 Å². The van der Waals surface area contributed by atoms with Gasteiger partial charge in [-0.05, 0) is 104 Å². The maximum Gasteiger partial charge on any atom is 0.387 e. The number of carbonyl (C=O) groups is 2. The molecule has 10 nitrogen and oxygen atoms in total. The third-order valence-electron chi connectivity index (χ3n) is 10.1. The topological polar surface area (TPSA) is 130 Å². The van der Waals surface area contributed by atoms with E-state index >= 15 is 0 Å². The average Bonchev–Trinajstić information content (AvgIpc) is 4.00. The van der Waals surface area contributed by atoms with Gasteiger partial charge in [0.2, 0.25) is 0 Å². The van der Waals surface area contributed by atoms with Gasteiger partial charge in [-0.15, -0.1) is 0 Å². The highest BCUT2D eigenvalue weighted by Crippen LogP contribution is 2.38. The fraction of sp³-hybridized carbons (Fsp3) is 0.375. The number of halogens is 5. The molecule has 1 aromatic heterocycles. The third kappa shape index (κ3) is 10.2. The van der Waals surface area contributed by atoms with Crippen molar-refractivity contribution < 1.29 is 52.2 Å². The number of aromatic nitrogens is 1. The van der Waals surface area contributed by atoms with E-state index in [0.717, 1.165) is 38.8 Å². The van der Waals surface area contributed by atoms with Gasteiger partial charge < -0.3 is 29.7 Å². The van der Waals surface area contributed by atoms with Crippen molar-refractivity contribution in [3.05, 3.63) is 117 Å². The molecule has 0 radical (unpaired) electrons.